The molecule has 0 spiro atoms. The third kappa shape index (κ3) is 3.40. The van der Waals surface area contributed by atoms with Gasteiger partial charge in [0.15, 0.2) is 0 Å². The molecule has 0 unspecified atom stereocenters. The number of carbonyl (C=O) groups excluding carboxylic acids is 1. The SMILES string of the molecule is Cc1cc(CNC(=O)N2CCN(C)CC2)ncn1. The van der Waals surface area contributed by atoms with Gasteiger partial charge in [-0.1, -0.05) is 0 Å². The molecule has 1 N–H and O–H groups in total. The van der Waals surface area contributed by atoms with Crippen molar-refractivity contribution in [2.45, 2.75) is 13.5 Å². The number of piperazine rings is 1. The summed E-state index contributed by atoms with van der Waals surface area (Å²) < 4.78 is 0. The lowest BCUT2D eigenvalue weighted by Gasteiger charge is -2.32. The minimum atomic E-state index is -0.0145. The second-order valence-corrected chi connectivity index (χ2v) is 4.60. The predicted molar refractivity (Wildman–Crippen MR) is 68.1 cm³/mol. The number of aromatic nitrogens is 2. The molecule has 1 aromatic heterocycles. The molecule has 1 fully saturated rings. The molecule has 0 radical (unpaired) electrons. The Kier molecular flexibility index (Phi) is 4.09. The van der Waals surface area contributed by atoms with Crippen LogP contribution in [0.2, 0.25) is 0 Å². The molecule has 0 aliphatic carbocycles. The molecule has 0 bridgehead atoms. The molecular weight excluding hydrogens is 230 g/mol. The number of rotatable bonds is 2. The van der Waals surface area contributed by atoms with Crippen molar-refractivity contribution in [2.75, 3.05) is 33.2 Å². The van der Waals surface area contributed by atoms with Crippen molar-refractivity contribution in [3.05, 3.63) is 23.8 Å². The van der Waals surface area contributed by atoms with Gasteiger partial charge in [0.25, 0.3) is 0 Å². The third-order valence-corrected chi connectivity index (χ3v) is 3.07. The zero-order valence-corrected chi connectivity index (χ0v) is 10.9. The average molecular weight is 249 g/mol. The van der Waals surface area contributed by atoms with E-state index in [0.29, 0.717) is 6.54 Å². The Labute approximate surface area is 107 Å². The highest BCUT2D eigenvalue weighted by Crippen LogP contribution is 2.01. The number of aryl methyl sites for hydroxylation is 1. The van der Waals surface area contributed by atoms with E-state index in [4.69, 9.17) is 0 Å². The number of hydrogen-bond donors (Lipinski definition) is 1. The normalized spacial score (nSPS) is 16.7. The Morgan fingerprint density at radius 2 is 2.06 bits per heavy atom. The number of urea groups is 1. The van der Waals surface area contributed by atoms with Gasteiger partial charge in [0.1, 0.15) is 6.33 Å². The summed E-state index contributed by atoms with van der Waals surface area (Å²) in [6.07, 6.45) is 1.52. The van der Waals surface area contributed by atoms with Crippen LogP contribution >= 0.6 is 0 Å². The lowest BCUT2D eigenvalue weighted by molar-refractivity contribution is 0.154. The zero-order chi connectivity index (χ0) is 13.0. The van der Waals surface area contributed by atoms with Crippen LogP contribution in [0.3, 0.4) is 0 Å². The van der Waals surface area contributed by atoms with E-state index in [2.05, 4.69) is 27.2 Å². The van der Waals surface area contributed by atoms with Crippen molar-refractivity contribution in [2.24, 2.45) is 0 Å². The van der Waals surface area contributed by atoms with Gasteiger partial charge in [-0.2, -0.15) is 0 Å². The molecule has 6 heteroatoms. The van der Waals surface area contributed by atoms with Crippen LogP contribution in [0.5, 0.6) is 0 Å². The standard InChI is InChI=1S/C12H19N5O/c1-10-7-11(15-9-14-10)8-13-12(18)17-5-3-16(2)4-6-17/h7,9H,3-6,8H2,1-2H3,(H,13,18). The van der Waals surface area contributed by atoms with E-state index in [1.807, 2.05) is 17.9 Å². The van der Waals surface area contributed by atoms with Gasteiger partial charge in [-0.05, 0) is 20.0 Å². The van der Waals surface area contributed by atoms with Gasteiger partial charge in [-0.25, -0.2) is 14.8 Å². The highest BCUT2D eigenvalue weighted by atomic mass is 16.2. The van der Waals surface area contributed by atoms with Gasteiger partial charge in [-0.3, -0.25) is 0 Å². The molecule has 0 aromatic carbocycles. The Morgan fingerprint density at radius 3 is 2.72 bits per heavy atom. The first kappa shape index (κ1) is 12.8. The van der Waals surface area contributed by atoms with Crippen LogP contribution in [0.4, 0.5) is 4.79 Å². The van der Waals surface area contributed by atoms with Crippen molar-refractivity contribution in [1.29, 1.82) is 0 Å². The predicted octanol–water partition coefficient (Wildman–Crippen LogP) is 0.242. The van der Waals surface area contributed by atoms with Crippen LogP contribution in [0.1, 0.15) is 11.4 Å². The third-order valence-electron chi connectivity index (χ3n) is 3.07. The summed E-state index contributed by atoms with van der Waals surface area (Å²) in [5, 5.41) is 2.89. The Morgan fingerprint density at radius 1 is 1.33 bits per heavy atom. The molecule has 98 valence electrons. The molecule has 2 amide bonds. The quantitative estimate of drug-likeness (QED) is 0.815. The van der Waals surface area contributed by atoms with Gasteiger partial charge in [-0.15, -0.1) is 0 Å². The van der Waals surface area contributed by atoms with Crippen LogP contribution in [-0.2, 0) is 6.54 Å². The van der Waals surface area contributed by atoms with Crippen LogP contribution in [0.15, 0.2) is 12.4 Å². The van der Waals surface area contributed by atoms with Gasteiger partial charge >= 0.3 is 6.03 Å². The molecule has 2 rings (SSSR count). The lowest BCUT2D eigenvalue weighted by Crippen LogP contribution is -2.50. The molecule has 6 nitrogen and oxygen atoms in total. The lowest BCUT2D eigenvalue weighted by atomic mass is 10.3. The number of nitrogens with one attached hydrogen (secondary N) is 1. The van der Waals surface area contributed by atoms with Crippen molar-refractivity contribution in [3.63, 3.8) is 0 Å². The average Bonchev–Trinajstić information content (AvgIpc) is 2.37. The second-order valence-electron chi connectivity index (χ2n) is 4.60. The van der Waals surface area contributed by atoms with Crippen molar-refractivity contribution >= 4 is 6.03 Å². The molecule has 1 saturated heterocycles. The van der Waals surface area contributed by atoms with E-state index in [-0.39, 0.29) is 6.03 Å². The van der Waals surface area contributed by atoms with Crippen LogP contribution in [0.25, 0.3) is 0 Å². The summed E-state index contributed by atoms with van der Waals surface area (Å²) in [5.41, 5.74) is 1.75. The summed E-state index contributed by atoms with van der Waals surface area (Å²) in [5.74, 6) is 0. The summed E-state index contributed by atoms with van der Waals surface area (Å²) in [7, 11) is 2.07. The van der Waals surface area contributed by atoms with Crippen molar-refractivity contribution < 1.29 is 4.79 Å². The van der Waals surface area contributed by atoms with Crippen LogP contribution in [0, 0.1) is 6.92 Å². The van der Waals surface area contributed by atoms with Crippen LogP contribution < -0.4 is 5.32 Å². The zero-order valence-electron chi connectivity index (χ0n) is 10.9. The van der Waals surface area contributed by atoms with E-state index in [1.165, 1.54) is 6.33 Å². The monoisotopic (exact) mass is 249 g/mol. The summed E-state index contributed by atoms with van der Waals surface area (Å²) >= 11 is 0. The fourth-order valence-electron chi connectivity index (χ4n) is 1.89. The molecule has 0 saturated carbocycles. The molecule has 1 aliphatic rings. The molecular formula is C12H19N5O. The smallest absolute Gasteiger partial charge is 0.317 e. The van der Waals surface area contributed by atoms with E-state index >= 15 is 0 Å². The van der Waals surface area contributed by atoms with Gasteiger partial charge < -0.3 is 15.1 Å². The topological polar surface area (TPSA) is 61.4 Å². The van der Waals surface area contributed by atoms with Crippen molar-refractivity contribution in [1.82, 2.24) is 25.1 Å². The van der Waals surface area contributed by atoms with Gasteiger partial charge in [0.2, 0.25) is 0 Å². The second kappa shape index (κ2) is 5.77. The fraction of sp³-hybridized carbons (Fsp3) is 0.583. The molecule has 1 aliphatic heterocycles. The maximum absolute atomic E-state index is 11.9. The van der Waals surface area contributed by atoms with E-state index in [1.54, 1.807) is 0 Å². The van der Waals surface area contributed by atoms with Crippen molar-refractivity contribution in [3.8, 4) is 0 Å². The summed E-state index contributed by atoms with van der Waals surface area (Å²) in [4.78, 5) is 24.1. The Bertz CT molecular complexity index is 415. The molecule has 1 aromatic rings. The highest BCUT2D eigenvalue weighted by Gasteiger charge is 2.18. The fourth-order valence-corrected chi connectivity index (χ4v) is 1.89. The Hall–Kier alpha value is -1.69. The maximum atomic E-state index is 11.9. The van der Waals surface area contributed by atoms with Gasteiger partial charge in [0.05, 0.1) is 12.2 Å². The summed E-state index contributed by atoms with van der Waals surface area (Å²) in [6.45, 7) is 5.79. The number of hydrogen-bond acceptors (Lipinski definition) is 4. The van der Waals surface area contributed by atoms with E-state index < -0.39 is 0 Å². The van der Waals surface area contributed by atoms with Crippen LogP contribution in [-0.4, -0.2) is 59.0 Å². The van der Waals surface area contributed by atoms with Gasteiger partial charge in [0, 0.05) is 31.9 Å². The highest BCUT2D eigenvalue weighted by molar-refractivity contribution is 5.74. The first-order valence-electron chi connectivity index (χ1n) is 6.14. The maximum Gasteiger partial charge on any atom is 0.317 e. The first-order chi connectivity index (χ1) is 8.65. The minimum absolute atomic E-state index is 0.0145. The number of likely N-dealkylation sites (N-methyl/N-ethyl adjacent to an activating group) is 1. The number of amides is 2. The molecule has 0 atom stereocenters. The summed E-state index contributed by atoms with van der Waals surface area (Å²) in [6, 6.07) is 1.86. The number of carbonyl (C=O) groups is 1. The Balaban J connectivity index is 1.81. The first-order valence-corrected chi connectivity index (χ1v) is 6.14. The molecule has 2 heterocycles. The minimum Gasteiger partial charge on any atom is -0.332 e. The van der Waals surface area contributed by atoms with E-state index in [9.17, 15) is 4.79 Å². The molecule has 18 heavy (non-hydrogen) atoms. The number of nitrogens with zero attached hydrogens (tertiary/aromatic N) is 4. The largest absolute Gasteiger partial charge is 0.332 e. The van der Waals surface area contributed by atoms with E-state index in [0.717, 1.165) is 37.6 Å².